The van der Waals surface area contributed by atoms with E-state index in [2.05, 4.69) is 10.2 Å². The van der Waals surface area contributed by atoms with Crippen LogP contribution in [-0.2, 0) is 11.3 Å². The molecule has 1 fully saturated rings. The lowest BCUT2D eigenvalue weighted by atomic mass is 10.0. The highest BCUT2D eigenvalue weighted by Gasteiger charge is 2.20. The molecule has 0 aliphatic carbocycles. The van der Waals surface area contributed by atoms with E-state index in [0.29, 0.717) is 0 Å². The second-order valence-corrected chi connectivity index (χ2v) is 4.95. The standard InChI is InChI=1S/C14H20FN3O.2ClH/c15-12-3-1-11(2-4-12)10-18-7-5-13(6-8-18)17-14(19)9-16;;/h1-4,13H,5-10,16H2,(H,17,19);2*1H. The van der Waals surface area contributed by atoms with E-state index in [4.69, 9.17) is 5.73 Å². The first kappa shape index (κ1) is 20.1. The number of carbonyl (C=O) groups is 1. The van der Waals surface area contributed by atoms with Gasteiger partial charge in [0.25, 0.3) is 0 Å². The topological polar surface area (TPSA) is 58.4 Å². The predicted molar refractivity (Wildman–Crippen MR) is 86.4 cm³/mol. The molecule has 1 heterocycles. The Morgan fingerprint density at radius 1 is 1.24 bits per heavy atom. The Bertz CT molecular complexity index is 423. The predicted octanol–water partition coefficient (Wildman–Crippen LogP) is 1.71. The molecule has 2 rings (SSSR count). The van der Waals surface area contributed by atoms with Crippen LogP contribution in [0.1, 0.15) is 18.4 Å². The number of amides is 1. The van der Waals surface area contributed by atoms with Gasteiger partial charge in [0.15, 0.2) is 0 Å². The second kappa shape index (κ2) is 9.95. The van der Waals surface area contributed by atoms with Crippen LogP contribution in [-0.4, -0.2) is 36.5 Å². The van der Waals surface area contributed by atoms with E-state index >= 15 is 0 Å². The van der Waals surface area contributed by atoms with Crippen molar-refractivity contribution in [1.29, 1.82) is 0 Å². The summed E-state index contributed by atoms with van der Waals surface area (Å²) in [5, 5.41) is 2.92. The van der Waals surface area contributed by atoms with Gasteiger partial charge in [-0.2, -0.15) is 0 Å². The first-order chi connectivity index (χ1) is 9.17. The smallest absolute Gasteiger partial charge is 0.233 e. The molecule has 0 unspecified atom stereocenters. The van der Waals surface area contributed by atoms with Crippen LogP contribution in [0.4, 0.5) is 4.39 Å². The van der Waals surface area contributed by atoms with E-state index in [9.17, 15) is 9.18 Å². The van der Waals surface area contributed by atoms with E-state index in [1.54, 1.807) is 0 Å². The number of benzene rings is 1. The Morgan fingerprint density at radius 2 is 1.81 bits per heavy atom. The fraction of sp³-hybridized carbons (Fsp3) is 0.500. The number of hydrogen-bond donors (Lipinski definition) is 2. The molecule has 7 heteroatoms. The van der Waals surface area contributed by atoms with Crippen molar-refractivity contribution in [1.82, 2.24) is 10.2 Å². The summed E-state index contributed by atoms with van der Waals surface area (Å²) in [4.78, 5) is 13.5. The highest BCUT2D eigenvalue weighted by Crippen LogP contribution is 2.14. The third kappa shape index (κ3) is 6.61. The molecule has 1 aliphatic rings. The molecule has 0 spiro atoms. The Labute approximate surface area is 137 Å². The van der Waals surface area contributed by atoms with Crippen LogP contribution in [0.2, 0.25) is 0 Å². The molecule has 4 nitrogen and oxygen atoms in total. The molecular weight excluding hydrogens is 316 g/mol. The number of likely N-dealkylation sites (tertiary alicyclic amines) is 1. The van der Waals surface area contributed by atoms with Crippen molar-refractivity contribution in [3.8, 4) is 0 Å². The molecular formula is C14H22Cl2FN3O. The average Bonchev–Trinajstić information content (AvgIpc) is 2.43. The van der Waals surface area contributed by atoms with Gasteiger partial charge in [-0.3, -0.25) is 9.69 Å². The third-order valence-electron chi connectivity index (χ3n) is 3.46. The van der Waals surface area contributed by atoms with Gasteiger partial charge >= 0.3 is 0 Å². The Morgan fingerprint density at radius 3 is 2.33 bits per heavy atom. The second-order valence-electron chi connectivity index (χ2n) is 4.95. The molecule has 1 saturated heterocycles. The van der Waals surface area contributed by atoms with Crippen LogP contribution >= 0.6 is 24.8 Å². The van der Waals surface area contributed by atoms with Crippen LogP contribution in [0.15, 0.2) is 24.3 Å². The molecule has 0 radical (unpaired) electrons. The highest BCUT2D eigenvalue weighted by molar-refractivity contribution is 5.85. The van der Waals surface area contributed by atoms with Gasteiger partial charge in [0.05, 0.1) is 6.54 Å². The highest BCUT2D eigenvalue weighted by atomic mass is 35.5. The van der Waals surface area contributed by atoms with Crippen molar-refractivity contribution in [3.63, 3.8) is 0 Å². The Balaban J connectivity index is 0.00000200. The summed E-state index contributed by atoms with van der Waals surface area (Å²) in [5.41, 5.74) is 6.39. The third-order valence-corrected chi connectivity index (χ3v) is 3.46. The van der Waals surface area contributed by atoms with Gasteiger partial charge in [0.1, 0.15) is 5.82 Å². The molecule has 0 bridgehead atoms. The zero-order valence-electron chi connectivity index (χ0n) is 11.8. The Hall–Kier alpha value is -0.880. The van der Waals surface area contributed by atoms with Gasteiger partial charge in [-0.25, -0.2) is 4.39 Å². The normalized spacial score (nSPS) is 15.7. The molecule has 1 aromatic rings. The number of nitrogens with one attached hydrogen (secondary N) is 1. The summed E-state index contributed by atoms with van der Waals surface area (Å²) in [6, 6.07) is 6.85. The molecule has 0 aromatic heterocycles. The number of carbonyl (C=O) groups excluding carboxylic acids is 1. The fourth-order valence-electron chi connectivity index (χ4n) is 2.37. The van der Waals surface area contributed by atoms with Crippen molar-refractivity contribution in [2.24, 2.45) is 5.73 Å². The minimum atomic E-state index is -0.202. The van der Waals surface area contributed by atoms with E-state index in [0.717, 1.165) is 38.0 Å². The summed E-state index contributed by atoms with van der Waals surface area (Å²) in [6.07, 6.45) is 1.87. The number of piperidine rings is 1. The lowest BCUT2D eigenvalue weighted by Crippen LogP contribution is -2.46. The van der Waals surface area contributed by atoms with Gasteiger partial charge in [0, 0.05) is 25.7 Å². The van der Waals surface area contributed by atoms with Gasteiger partial charge in [-0.1, -0.05) is 12.1 Å². The van der Waals surface area contributed by atoms with E-state index in [1.165, 1.54) is 12.1 Å². The van der Waals surface area contributed by atoms with Crippen molar-refractivity contribution in [2.45, 2.75) is 25.4 Å². The van der Waals surface area contributed by atoms with Gasteiger partial charge in [-0.05, 0) is 30.5 Å². The maximum atomic E-state index is 12.8. The molecule has 21 heavy (non-hydrogen) atoms. The summed E-state index contributed by atoms with van der Waals surface area (Å²) in [7, 11) is 0. The Kier molecular flexibility index (Phi) is 9.53. The van der Waals surface area contributed by atoms with Crippen LogP contribution in [0.25, 0.3) is 0 Å². The molecule has 120 valence electrons. The monoisotopic (exact) mass is 337 g/mol. The number of nitrogens with two attached hydrogens (primary N) is 1. The summed E-state index contributed by atoms with van der Waals surface area (Å²) in [6.45, 7) is 2.76. The summed E-state index contributed by atoms with van der Waals surface area (Å²) in [5.74, 6) is -0.288. The van der Waals surface area contributed by atoms with Crippen LogP contribution in [0.5, 0.6) is 0 Å². The van der Waals surface area contributed by atoms with Crippen LogP contribution < -0.4 is 11.1 Å². The molecule has 0 saturated carbocycles. The van der Waals surface area contributed by atoms with E-state index in [1.807, 2.05) is 12.1 Å². The first-order valence-electron chi connectivity index (χ1n) is 6.63. The summed E-state index contributed by atoms with van der Waals surface area (Å²) < 4.78 is 12.8. The van der Waals surface area contributed by atoms with Crippen LogP contribution in [0.3, 0.4) is 0 Å². The molecule has 0 atom stereocenters. The lowest BCUT2D eigenvalue weighted by Gasteiger charge is -2.32. The maximum absolute atomic E-state index is 12.8. The number of halogens is 3. The van der Waals surface area contributed by atoms with Gasteiger partial charge in [0.2, 0.25) is 5.91 Å². The molecule has 3 N–H and O–H groups in total. The van der Waals surface area contributed by atoms with Gasteiger partial charge < -0.3 is 11.1 Å². The average molecular weight is 338 g/mol. The first-order valence-corrected chi connectivity index (χ1v) is 6.63. The minimum absolute atomic E-state index is 0. The largest absolute Gasteiger partial charge is 0.352 e. The van der Waals surface area contributed by atoms with E-state index in [-0.39, 0.29) is 49.1 Å². The number of rotatable bonds is 4. The molecule has 1 aromatic carbocycles. The minimum Gasteiger partial charge on any atom is -0.352 e. The van der Waals surface area contributed by atoms with Crippen LogP contribution in [0, 0.1) is 5.82 Å². The lowest BCUT2D eigenvalue weighted by molar-refractivity contribution is -0.120. The maximum Gasteiger partial charge on any atom is 0.233 e. The fourth-order valence-corrected chi connectivity index (χ4v) is 2.37. The van der Waals surface area contributed by atoms with Crippen molar-refractivity contribution < 1.29 is 9.18 Å². The van der Waals surface area contributed by atoms with Gasteiger partial charge in [-0.15, -0.1) is 24.8 Å². The number of hydrogen-bond acceptors (Lipinski definition) is 3. The van der Waals surface area contributed by atoms with Crippen molar-refractivity contribution in [3.05, 3.63) is 35.6 Å². The molecule has 1 amide bonds. The van der Waals surface area contributed by atoms with Crippen molar-refractivity contribution in [2.75, 3.05) is 19.6 Å². The summed E-state index contributed by atoms with van der Waals surface area (Å²) >= 11 is 0. The zero-order valence-corrected chi connectivity index (χ0v) is 13.4. The van der Waals surface area contributed by atoms with Crippen molar-refractivity contribution >= 4 is 30.7 Å². The SMILES string of the molecule is Cl.Cl.NCC(=O)NC1CCN(Cc2ccc(F)cc2)CC1. The number of nitrogens with zero attached hydrogens (tertiary/aromatic N) is 1. The van der Waals surface area contributed by atoms with E-state index < -0.39 is 0 Å². The molecule has 1 aliphatic heterocycles. The zero-order chi connectivity index (χ0) is 13.7. The quantitative estimate of drug-likeness (QED) is 0.879.